The molecule has 1 aliphatic heterocycles. The average molecular weight is 302 g/mol. The molecule has 1 saturated carbocycles. The molecule has 3 N–H and O–H groups in total. The number of hydrogen-bond donors (Lipinski definition) is 2. The lowest BCUT2D eigenvalue weighted by Gasteiger charge is -2.25. The number of nitrogens with two attached hydrogens (primary N) is 1. The second kappa shape index (κ2) is 6.65. The third-order valence-electron chi connectivity index (χ3n) is 4.95. The summed E-state index contributed by atoms with van der Waals surface area (Å²) in [5.74, 6) is 1.06. The molecule has 1 aromatic rings. The molecule has 0 bridgehead atoms. The monoisotopic (exact) mass is 302 g/mol. The maximum atomic E-state index is 12.4. The summed E-state index contributed by atoms with van der Waals surface area (Å²) in [6.45, 7) is 2.57. The molecule has 0 spiro atoms. The molecule has 2 heterocycles. The van der Waals surface area contributed by atoms with Gasteiger partial charge >= 0.3 is 0 Å². The fourth-order valence-electron chi connectivity index (χ4n) is 3.59. The number of carbonyl (C=O) groups is 1. The number of pyridine rings is 1. The second-order valence-corrected chi connectivity index (χ2v) is 6.71. The standard InChI is InChI=1S/C17H26N4O/c1-21-9-7-15-13(11-21)10-14(16(18)20-15)17(22)19-8-6-12-4-2-3-5-12/h10,12H,2-9,11H2,1H3,(H2,18,20)(H,19,22). The van der Waals surface area contributed by atoms with Gasteiger partial charge < -0.3 is 16.0 Å². The third-order valence-corrected chi connectivity index (χ3v) is 4.95. The Labute approximate surface area is 132 Å². The van der Waals surface area contributed by atoms with Gasteiger partial charge in [-0.25, -0.2) is 4.98 Å². The Kier molecular flexibility index (Phi) is 4.62. The van der Waals surface area contributed by atoms with E-state index in [1.807, 2.05) is 6.07 Å². The number of fused-ring (bicyclic) bond motifs is 1. The topological polar surface area (TPSA) is 71.2 Å². The van der Waals surface area contributed by atoms with Crippen molar-refractivity contribution < 1.29 is 4.79 Å². The van der Waals surface area contributed by atoms with Crippen LogP contribution in [-0.2, 0) is 13.0 Å². The number of nitrogens with zero attached hydrogens (tertiary/aromatic N) is 2. The molecule has 2 aliphatic rings. The van der Waals surface area contributed by atoms with Crippen molar-refractivity contribution in [1.82, 2.24) is 15.2 Å². The van der Waals surface area contributed by atoms with Gasteiger partial charge in [0.1, 0.15) is 5.82 Å². The number of nitrogen functional groups attached to an aromatic ring is 1. The summed E-state index contributed by atoms with van der Waals surface area (Å²) >= 11 is 0. The Morgan fingerprint density at radius 1 is 1.45 bits per heavy atom. The van der Waals surface area contributed by atoms with Crippen molar-refractivity contribution in [3.05, 3.63) is 22.9 Å². The van der Waals surface area contributed by atoms with Crippen LogP contribution in [-0.4, -0.2) is 35.9 Å². The Morgan fingerprint density at radius 2 is 2.23 bits per heavy atom. The molecule has 0 saturated heterocycles. The minimum absolute atomic E-state index is 0.0842. The fraction of sp³-hybridized carbons (Fsp3) is 0.647. The van der Waals surface area contributed by atoms with Crippen molar-refractivity contribution >= 4 is 11.7 Å². The van der Waals surface area contributed by atoms with Gasteiger partial charge in [0.2, 0.25) is 0 Å². The van der Waals surface area contributed by atoms with E-state index in [0.29, 0.717) is 11.4 Å². The van der Waals surface area contributed by atoms with Gasteiger partial charge in [0.25, 0.3) is 5.91 Å². The van der Waals surface area contributed by atoms with Crippen molar-refractivity contribution in [2.45, 2.75) is 45.1 Å². The number of amides is 1. The van der Waals surface area contributed by atoms with E-state index in [0.717, 1.165) is 49.7 Å². The first-order chi connectivity index (χ1) is 10.6. The number of likely N-dealkylation sites (N-methyl/N-ethyl adjacent to an activating group) is 1. The van der Waals surface area contributed by atoms with Gasteiger partial charge in [-0.3, -0.25) is 4.79 Å². The molecule has 5 nitrogen and oxygen atoms in total. The summed E-state index contributed by atoms with van der Waals surface area (Å²) in [5.41, 5.74) is 8.69. The maximum absolute atomic E-state index is 12.4. The highest BCUT2D eigenvalue weighted by molar-refractivity contribution is 5.98. The molecule has 1 amide bonds. The summed E-state index contributed by atoms with van der Waals surface area (Å²) in [7, 11) is 2.08. The van der Waals surface area contributed by atoms with Crippen LogP contribution in [0.15, 0.2) is 6.07 Å². The van der Waals surface area contributed by atoms with E-state index in [-0.39, 0.29) is 5.91 Å². The maximum Gasteiger partial charge on any atom is 0.255 e. The number of hydrogen-bond acceptors (Lipinski definition) is 4. The number of anilines is 1. The molecule has 1 fully saturated rings. The predicted molar refractivity (Wildman–Crippen MR) is 87.6 cm³/mol. The predicted octanol–water partition coefficient (Wildman–Crippen LogP) is 1.96. The zero-order valence-electron chi connectivity index (χ0n) is 13.4. The van der Waals surface area contributed by atoms with Gasteiger partial charge in [0.15, 0.2) is 0 Å². The van der Waals surface area contributed by atoms with Gasteiger partial charge in [-0.15, -0.1) is 0 Å². The molecule has 1 aliphatic carbocycles. The van der Waals surface area contributed by atoms with Crippen LogP contribution in [0.25, 0.3) is 0 Å². The molecule has 0 unspecified atom stereocenters. The van der Waals surface area contributed by atoms with Crippen LogP contribution < -0.4 is 11.1 Å². The molecule has 0 aromatic carbocycles. The Morgan fingerprint density at radius 3 is 3.00 bits per heavy atom. The van der Waals surface area contributed by atoms with Gasteiger partial charge in [-0.05, 0) is 31.0 Å². The zero-order chi connectivity index (χ0) is 15.5. The van der Waals surface area contributed by atoms with E-state index in [2.05, 4.69) is 22.2 Å². The fourth-order valence-corrected chi connectivity index (χ4v) is 3.59. The van der Waals surface area contributed by atoms with Crippen LogP contribution in [0.1, 0.15) is 53.7 Å². The lowest BCUT2D eigenvalue weighted by molar-refractivity contribution is 0.0951. The molecule has 5 heteroatoms. The molecule has 22 heavy (non-hydrogen) atoms. The first-order valence-corrected chi connectivity index (χ1v) is 8.38. The summed E-state index contributed by atoms with van der Waals surface area (Å²) in [6, 6.07) is 1.93. The third kappa shape index (κ3) is 3.40. The van der Waals surface area contributed by atoms with E-state index in [1.165, 1.54) is 25.7 Å². The quantitative estimate of drug-likeness (QED) is 0.892. The van der Waals surface area contributed by atoms with Gasteiger partial charge in [0, 0.05) is 31.7 Å². The summed E-state index contributed by atoms with van der Waals surface area (Å²) in [6.07, 6.45) is 7.28. The molecule has 120 valence electrons. The Hall–Kier alpha value is -1.62. The van der Waals surface area contributed by atoms with Gasteiger partial charge in [0.05, 0.1) is 5.56 Å². The van der Waals surface area contributed by atoms with E-state index >= 15 is 0 Å². The van der Waals surface area contributed by atoms with Crippen molar-refractivity contribution in [2.24, 2.45) is 5.92 Å². The van der Waals surface area contributed by atoms with Gasteiger partial charge in [-0.2, -0.15) is 0 Å². The number of aromatic nitrogens is 1. The van der Waals surface area contributed by atoms with Crippen LogP contribution in [0.5, 0.6) is 0 Å². The summed E-state index contributed by atoms with van der Waals surface area (Å²) < 4.78 is 0. The SMILES string of the molecule is CN1CCc2nc(N)c(C(=O)NCCC3CCCC3)cc2C1. The van der Waals surface area contributed by atoms with E-state index in [9.17, 15) is 4.79 Å². The normalized spacial score (nSPS) is 19.1. The summed E-state index contributed by atoms with van der Waals surface area (Å²) in [5, 5.41) is 3.01. The number of carbonyl (C=O) groups excluding carboxylic acids is 1. The highest BCUT2D eigenvalue weighted by Gasteiger charge is 2.20. The highest BCUT2D eigenvalue weighted by atomic mass is 16.1. The van der Waals surface area contributed by atoms with Crippen LogP contribution in [0.4, 0.5) is 5.82 Å². The van der Waals surface area contributed by atoms with E-state index in [1.54, 1.807) is 0 Å². The molecule has 0 atom stereocenters. The Bertz CT molecular complexity index is 552. The van der Waals surface area contributed by atoms with Crippen molar-refractivity contribution in [3.8, 4) is 0 Å². The lowest BCUT2D eigenvalue weighted by Crippen LogP contribution is -2.30. The van der Waals surface area contributed by atoms with Crippen LogP contribution in [0, 0.1) is 5.92 Å². The first-order valence-electron chi connectivity index (χ1n) is 8.38. The minimum atomic E-state index is -0.0842. The van der Waals surface area contributed by atoms with Crippen LogP contribution >= 0.6 is 0 Å². The van der Waals surface area contributed by atoms with Crippen LogP contribution in [0.3, 0.4) is 0 Å². The molecule has 3 rings (SSSR count). The van der Waals surface area contributed by atoms with Crippen molar-refractivity contribution in [2.75, 3.05) is 25.9 Å². The second-order valence-electron chi connectivity index (χ2n) is 6.71. The average Bonchev–Trinajstić information content (AvgIpc) is 3.00. The zero-order valence-corrected chi connectivity index (χ0v) is 13.4. The molecule has 1 aromatic heterocycles. The van der Waals surface area contributed by atoms with E-state index in [4.69, 9.17) is 5.73 Å². The minimum Gasteiger partial charge on any atom is -0.383 e. The number of rotatable bonds is 4. The molecular weight excluding hydrogens is 276 g/mol. The summed E-state index contributed by atoms with van der Waals surface area (Å²) in [4.78, 5) is 19.0. The van der Waals surface area contributed by atoms with Crippen molar-refractivity contribution in [3.63, 3.8) is 0 Å². The lowest BCUT2D eigenvalue weighted by atomic mass is 10.0. The van der Waals surface area contributed by atoms with Crippen LogP contribution in [0.2, 0.25) is 0 Å². The van der Waals surface area contributed by atoms with Crippen molar-refractivity contribution in [1.29, 1.82) is 0 Å². The number of nitrogens with one attached hydrogen (secondary N) is 1. The largest absolute Gasteiger partial charge is 0.383 e. The highest BCUT2D eigenvalue weighted by Crippen LogP contribution is 2.27. The van der Waals surface area contributed by atoms with Gasteiger partial charge in [-0.1, -0.05) is 25.7 Å². The molecule has 0 radical (unpaired) electrons. The molecular formula is C17H26N4O. The smallest absolute Gasteiger partial charge is 0.255 e. The van der Waals surface area contributed by atoms with E-state index < -0.39 is 0 Å². The Balaban J connectivity index is 1.62. The first kappa shape index (κ1) is 15.3.